The highest BCUT2D eigenvalue weighted by molar-refractivity contribution is 5.29. The molecule has 1 aromatic heterocycles. The Bertz CT molecular complexity index is 292. The molecule has 1 aromatic rings. The van der Waals surface area contributed by atoms with E-state index in [2.05, 4.69) is 20.1 Å². The van der Waals surface area contributed by atoms with E-state index in [4.69, 9.17) is 10.5 Å². The molecule has 1 atom stereocenters. The van der Waals surface area contributed by atoms with Crippen molar-refractivity contribution in [1.82, 2.24) is 15.2 Å². The van der Waals surface area contributed by atoms with Gasteiger partial charge >= 0.3 is 0 Å². The van der Waals surface area contributed by atoms with Crippen LogP contribution in [0.3, 0.4) is 0 Å². The van der Waals surface area contributed by atoms with Crippen molar-refractivity contribution in [3.05, 3.63) is 5.82 Å². The van der Waals surface area contributed by atoms with Gasteiger partial charge in [0, 0.05) is 13.1 Å². The van der Waals surface area contributed by atoms with Crippen LogP contribution in [0.2, 0.25) is 0 Å². The summed E-state index contributed by atoms with van der Waals surface area (Å²) in [6, 6.07) is -0.0997. The van der Waals surface area contributed by atoms with E-state index in [-0.39, 0.29) is 6.04 Å². The summed E-state index contributed by atoms with van der Waals surface area (Å²) < 4.78 is 5.24. The molecule has 1 unspecified atom stereocenters. The smallest absolute Gasteiger partial charge is 0.244 e. The van der Waals surface area contributed by atoms with Crippen LogP contribution < -0.4 is 10.6 Å². The van der Waals surface area contributed by atoms with Gasteiger partial charge in [0.15, 0.2) is 0 Å². The number of nitrogens with two attached hydrogens (primary N) is 1. The predicted octanol–water partition coefficient (Wildman–Crippen LogP) is -0.339. The molecule has 78 valence electrons. The van der Waals surface area contributed by atoms with E-state index in [1.165, 1.54) is 0 Å². The van der Waals surface area contributed by atoms with Crippen molar-refractivity contribution in [3.63, 3.8) is 0 Å². The number of ether oxygens (including phenoxy) is 1. The molecule has 3 N–H and O–H groups in total. The molecular formula is C8H15N5O. The van der Waals surface area contributed by atoms with E-state index in [0.29, 0.717) is 0 Å². The van der Waals surface area contributed by atoms with E-state index in [1.807, 2.05) is 6.92 Å². The van der Waals surface area contributed by atoms with Crippen LogP contribution in [0.5, 0.6) is 0 Å². The summed E-state index contributed by atoms with van der Waals surface area (Å²) in [5.74, 6) is 1.45. The fraction of sp³-hybridized carbons (Fsp3) is 0.750. The third kappa shape index (κ3) is 1.85. The molecule has 1 aliphatic heterocycles. The van der Waals surface area contributed by atoms with Crippen molar-refractivity contribution in [3.8, 4) is 0 Å². The molecule has 2 heterocycles. The van der Waals surface area contributed by atoms with Gasteiger partial charge in [-0.25, -0.2) is 0 Å². The quantitative estimate of drug-likeness (QED) is 0.678. The van der Waals surface area contributed by atoms with Gasteiger partial charge in [-0.1, -0.05) is 0 Å². The van der Waals surface area contributed by atoms with Crippen LogP contribution in [0.4, 0.5) is 5.95 Å². The van der Waals surface area contributed by atoms with Crippen LogP contribution in [0.15, 0.2) is 0 Å². The van der Waals surface area contributed by atoms with E-state index in [1.54, 1.807) is 0 Å². The highest BCUT2D eigenvalue weighted by atomic mass is 16.5. The molecule has 6 heteroatoms. The fourth-order valence-corrected chi connectivity index (χ4v) is 1.37. The van der Waals surface area contributed by atoms with Gasteiger partial charge in [-0.15, -0.1) is 5.10 Å². The largest absolute Gasteiger partial charge is 0.378 e. The minimum absolute atomic E-state index is 0.0997. The number of aromatic nitrogens is 3. The molecule has 0 aromatic carbocycles. The number of hydrogen-bond donors (Lipinski definition) is 2. The summed E-state index contributed by atoms with van der Waals surface area (Å²) >= 11 is 0. The maximum atomic E-state index is 5.68. The van der Waals surface area contributed by atoms with Crippen LogP contribution >= 0.6 is 0 Å². The molecule has 6 nitrogen and oxygen atoms in total. The van der Waals surface area contributed by atoms with Gasteiger partial charge in [-0.2, -0.15) is 4.98 Å². The molecule has 0 radical (unpaired) electrons. The lowest BCUT2D eigenvalue weighted by Crippen LogP contribution is -2.36. The van der Waals surface area contributed by atoms with Crippen LogP contribution in [0, 0.1) is 0 Å². The van der Waals surface area contributed by atoms with Gasteiger partial charge in [0.05, 0.1) is 19.3 Å². The van der Waals surface area contributed by atoms with Crippen LogP contribution in [0.25, 0.3) is 0 Å². The Morgan fingerprint density at radius 1 is 1.50 bits per heavy atom. The molecule has 14 heavy (non-hydrogen) atoms. The summed E-state index contributed by atoms with van der Waals surface area (Å²) in [6.07, 6.45) is 0. The fourth-order valence-electron chi connectivity index (χ4n) is 1.37. The Morgan fingerprint density at radius 2 is 2.21 bits per heavy atom. The lowest BCUT2D eigenvalue weighted by atomic mass is 10.3. The highest BCUT2D eigenvalue weighted by Gasteiger charge is 2.16. The summed E-state index contributed by atoms with van der Waals surface area (Å²) in [4.78, 5) is 6.40. The van der Waals surface area contributed by atoms with Crippen LogP contribution in [0.1, 0.15) is 18.8 Å². The molecule has 1 fully saturated rings. The lowest BCUT2D eigenvalue weighted by Gasteiger charge is -2.25. The van der Waals surface area contributed by atoms with Gasteiger partial charge in [-0.05, 0) is 6.92 Å². The Morgan fingerprint density at radius 3 is 2.79 bits per heavy atom. The first kappa shape index (κ1) is 9.42. The second-order valence-electron chi connectivity index (χ2n) is 3.41. The first-order valence-electron chi connectivity index (χ1n) is 4.78. The number of hydrogen-bond acceptors (Lipinski definition) is 5. The van der Waals surface area contributed by atoms with Gasteiger partial charge < -0.3 is 15.4 Å². The van der Waals surface area contributed by atoms with Crippen molar-refractivity contribution in [2.45, 2.75) is 13.0 Å². The molecular weight excluding hydrogens is 182 g/mol. The van der Waals surface area contributed by atoms with Gasteiger partial charge in [0.2, 0.25) is 5.95 Å². The van der Waals surface area contributed by atoms with Crippen LogP contribution in [-0.4, -0.2) is 41.5 Å². The molecule has 0 aliphatic carbocycles. The zero-order valence-corrected chi connectivity index (χ0v) is 8.23. The third-order valence-electron chi connectivity index (χ3n) is 2.22. The van der Waals surface area contributed by atoms with Gasteiger partial charge in [0.1, 0.15) is 5.82 Å². The minimum Gasteiger partial charge on any atom is -0.378 e. The van der Waals surface area contributed by atoms with E-state index < -0.39 is 0 Å². The van der Waals surface area contributed by atoms with Crippen molar-refractivity contribution < 1.29 is 4.74 Å². The molecule has 2 rings (SSSR count). The number of aromatic amines is 1. The second-order valence-corrected chi connectivity index (χ2v) is 3.41. The minimum atomic E-state index is -0.0997. The zero-order valence-electron chi connectivity index (χ0n) is 8.23. The number of nitrogens with zero attached hydrogens (tertiary/aromatic N) is 3. The van der Waals surface area contributed by atoms with Crippen molar-refractivity contribution >= 4 is 5.95 Å². The van der Waals surface area contributed by atoms with E-state index in [9.17, 15) is 0 Å². The summed E-state index contributed by atoms with van der Waals surface area (Å²) in [5.41, 5.74) is 5.68. The highest BCUT2D eigenvalue weighted by Crippen LogP contribution is 2.11. The third-order valence-corrected chi connectivity index (χ3v) is 2.22. The van der Waals surface area contributed by atoms with E-state index >= 15 is 0 Å². The Balaban J connectivity index is 2.07. The van der Waals surface area contributed by atoms with Crippen molar-refractivity contribution in [1.29, 1.82) is 0 Å². The monoisotopic (exact) mass is 197 g/mol. The van der Waals surface area contributed by atoms with Crippen molar-refractivity contribution in [2.75, 3.05) is 31.2 Å². The lowest BCUT2D eigenvalue weighted by molar-refractivity contribution is 0.122. The first-order valence-corrected chi connectivity index (χ1v) is 4.78. The number of morpholine rings is 1. The molecule has 0 bridgehead atoms. The van der Waals surface area contributed by atoms with Crippen molar-refractivity contribution in [2.24, 2.45) is 5.73 Å². The molecule has 1 saturated heterocycles. The SMILES string of the molecule is CC(N)c1nc(N2CCOCC2)n[nH]1. The number of H-pyrrole nitrogens is 1. The van der Waals surface area contributed by atoms with Crippen LogP contribution in [-0.2, 0) is 4.74 Å². The van der Waals surface area contributed by atoms with Gasteiger partial charge in [0.25, 0.3) is 0 Å². The maximum absolute atomic E-state index is 5.68. The Labute approximate surface area is 82.4 Å². The molecule has 0 spiro atoms. The normalized spacial score (nSPS) is 19.7. The summed E-state index contributed by atoms with van der Waals surface area (Å²) in [7, 11) is 0. The van der Waals surface area contributed by atoms with E-state index in [0.717, 1.165) is 38.1 Å². The predicted molar refractivity (Wildman–Crippen MR) is 52.0 cm³/mol. The maximum Gasteiger partial charge on any atom is 0.244 e. The van der Waals surface area contributed by atoms with Gasteiger partial charge in [-0.3, -0.25) is 5.10 Å². The Kier molecular flexibility index (Phi) is 2.64. The molecule has 0 amide bonds. The molecule has 0 saturated carbocycles. The standard InChI is InChI=1S/C8H15N5O/c1-6(9)7-10-8(12-11-7)13-2-4-14-5-3-13/h6H,2-5,9H2,1H3,(H,10,11,12). The summed E-state index contributed by atoms with van der Waals surface area (Å²) in [6.45, 7) is 5.04. The average molecular weight is 197 g/mol. The topological polar surface area (TPSA) is 80.1 Å². The second kappa shape index (κ2) is 3.93. The average Bonchev–Trinajstić information content (AvgIpc) is 2.68. The number of nitrogens with one attached hydrogen (secondary N) is 1. The first-order chi connectivity index (χ1) is 6.77. The Hall–Kier alpha value is -1.14. The summed E-state index contributed by atoms with van der Waals surface area (Å²) in [5, 5.41) is 6.95. The zero-order chi connectivity index (χ0) is 9.97. The number of anilines is 1. The number of rotatable bonds is 2. The molecule has 1 aliphatic rings.